The van der Waals surface area contributed by atoms with Crippen LogP contribution in [0.2, 0.25) is 0 Å². The number of carbonyl (C=O) groups excluding carboxylic acids is 1. The Labute approximate surface area is 80.6 Å². The lowest BCUT2D eigenvalue weighted by molar-refractivity contribution is -0.119. The van der Waals surface area contributed by atoms with Crippen molar-refractivity contribution < 1.29 is 9.90 Å². The van der Waals surface area contributed by atoms with Crippen LogP contribution in [0, 0.1) is 0 Å². The molecule has 4 nitrogen and oxygen atoms in total. The molecule has 2 N–H and O–H groups in total. The maximum Gasteiger partial charge on any atom is 0.217 e. The minimum absolute atomic E-state index is 0.0442. The summed E-state index contributed by atoms with van der Waals surface area (Å²) in [5.41, 5.74) is 1.73. The molecule has 1 aromatic heterocycles. The number of aliphatic hydroxyl groups excluding tert-OH is 1. The van der Waals surface area contributed by atoms with E-state index in [1.54, 1.807) is 11.7 Å². The monoisotopic (exact) mass is 200 g/mol. The molecule has 0 aliphatic heterocycles. The maximum absolute atomic E-state index is 10.7. The summed E-state index contributed by atoms with van der Waals surface area (Å²) in [7, 11) is 0. The molecular weight excluding hydrogens is 188 g/mol. The second-order valence-corrected chi connectivity index (χ2v) is 3.72. The Kier molecular flexibility index (Phi) is 3.85. The van der Waals surface area contributed by atoms with Gasteiger partial charge in [0.25, 0.3) is 0 Å². The van der Waals surface area contributed by atoms with Crippen LogP contribution in [0.15, 0.2) is 11.7 Å². The molecule has 0 radical (unpaired) electrons. The molecule has 0 bridgehead atoms. The number of carbonyl (C=O) groups is 1. The second kappa shape index (κ2) is 4.94. The van der Waals surface area contributed by atoms with E-state index < -0.39 is 0 Å². The van der Waals surface area contributed by atoms with Gasteiger partial charge in [-0.3, -0.25) is 9.78 Å². The molecule has 5 heteroatoms. The van der Waals surface area contributed by atoms with Gasteiger partial charge in [-0.25, -0.2) is 0 Å². The Morgan fingerprint density at radius 3 is 3.08 bits per heavy atom. The van der Waals surface area contributed by atoms with Crippen molar-refractivity contribution in [2.24, 2.45) is 0 Å². The zero-order valence-corrected chi connectivity index (χ0v) is 8.17. The molecule has 1 amide bonds. The van der Waals surface area contributed by atoms with Crippen LogP contribution in [-0.4, -0.2) is 28.6 Å². The van der Waals surface area contributed by atoms with Crippen LogP contribution in [-0.2, 0) is 11.2 Å². The largest absolute Gasteiger partial charge is 0.394 e. The van der Waals surface area contributed by atoms with Crippen LogP contribution in [0.5, 0.6) is 0 Å². The van der Waals surface area contributed by atoms with Crippen molar-refractivity contribution in [3.05, 3.63) is 16.6 Å². The summed E-state index contributed by atoms with van der Waals surface area (Å²) >= 11 is 1.52. The van der Waals surface area contributed by atoms with E-state index in [9.17, 15) is 4.79 Å². The summed E-state index contributed by atoms with van der Waals surface area (Å²) in [6.45, 7) is 1.40. The number of amides is 1. The van der Waals surface area contributed by atoms with Crippen molar-refractivity contribution in [3.8, 4) is 0 Å². The zero-order valence-electron chi connectivity index (χ0n) is 7.36. The fourth-order valence-corrected chi connectivity index (χ4v) is 1.71. The van der Waals surface area contributed by atoms with Gasteiger partial charge in [0.1, 0.15) is 0 Å². The predicted molar refractivity (Wildman–Crippen MR) is 50.5 cm³/mol. The molecule has 0 saturated heterocycles. The molecular formula is C8H12N2O2S. The van der Waals surface area contributed by atoms with Gasteiger partial charge in [-0.2, -0.15) is 0 Å². The normalized spacial score (nSPS) is 12.5. The number of hydrogen-bond acceptors (Lipinski definition) is 4. The molecule has 72 valence electrons. The standard InChI is InChI=1S/C8H12N2O2S/c1-6(12)10-7(4-11)2-8-3-9-5-13-8/h3,5,7,11H,2,4H2,1H3,(H,10,12). The van der Waals surface area contributed by atoms with E-state index in [1.165, 1.54) is 18.3 Å². The highest BCUT2D eigenvalue weighted by Gasteiger charge is 2.09. The topological polar surface area (TPSA) is 62.2 Å². The van der Waals surface area contributed by atoms with Gasteiger partial charge >= 0.3 is 0 Å². The van der Waals surface area contributed by atoms with E-state index in [4.69, 9.17) is 5.11 Å². The molecule has 13 heavy (non-hydrogen) atoms. The van der Waals surface area contributed by atoms with E-state index in [1.807, 2.05) is 0 Å². The zero-order chi connectivity index (χ0) is 9.68. The number of hydrogen-bond donors (Lipinski definition) is 2. The van der Waals surface area contributed by atoms with Crippen molar-refractivity contribution in [2.75, 3.05) is 6.61 Å². The summed E-state index contributed by atoms with van der Waals surface area (Å²) in [5, 5.41) is 11.6. The van der Waals surface area contributed by atoms with Crippen molar-refractivity contribution in [1.29, 1.82) is 0 Å². The quantitative estimate of drug-likeness (QED) is 0.729. The van der Waals surface area contributed by atoms with Crippen molar-refractivity contribution >= 4 is 17.2 Å². The number of aliphatic hydroxyl groups is 1. The maximum atomic E-state index is 10.7. The number of nitrogens with one attached hydrogen (secondary N) is 1. The molecule has 0 aliphatic rings. The molecule has 0 spiro atoms. The van der Waals surface area contributed by atoms with E-state index in [-0.39, 0.29) is 18.6 Å². The fourth-order valence-electron chi connectivity index (χ4n) is 1.03. The minimum atomic E-state index is -0.196. The lowest BCUT2D eigenvalue weighted by Gasteiger charge is -2.13. The molecule has 1 unspecified atom stereocenters. The lowest BCUT2D eigenvalue weighted by Crippen LogP contribution is -2.37. The van der Waals surface area contributed by atoms with Gasteiger partial charge in [0.15, 0.2) is 0 Å². The third kappa shape index (κ3) is 3.52. The Balaban J connectivity index is 2.45. The first kappa shape index (κ1) is 10.1. The predicted octanol–water partition coefficient (Wildman–Crippen LogP) is 0.183. The first-order chi connectivity index (χ1) is 6.22. The van der Waals surface area contributed by atoms with Crippen LogP contribution in [0.4, 0.5) is 0 Å². The highest BCUT2D eigenvalue weighted by Crippen LogP contribution is 2.08. The Morgan fingerprint density at radius 2 is 2.62 bits per heavy atom. The highest BCUT2D eigenvalue weighted by atomic mass is 32.1. The molecule has 0 fully saturated rings. The second-order valence-electron chi connectivity index (χ2n) is 2.75. The number of rotatable bonds is 4. The molecule has 1 aromatic rings. The lowest BCUT2D eigenvalue weighted by atomic mass is 10.2. The smallest absolute Gasteiger partial charge is 0.217 e. The van der Waals surface area contributed by atoms with E-state index in [0.29, 0.717) is 6.42 Å². The molecule has 0 aliphatic carbocycles. The first-order valence-corrected chi connectivity index (χ1v) is 4.85. The summed E-state index contributed by atoms with van der Waals surface area (Å²) in [6.07, 6.45) is 2.38. The first-order valence-electron chi connectivity index (χ1n) is 3.97. The molecule has 0 aromatic carbocycles. The molecule has 0 saturated carbocycles. The van der Waals surface area contributed by atoms with Gasteiger partial charge in [0, 0.05) is 24.4 Å². The van der Waals surface area contributed by atoms with E-state index >= 15 is 0 Å². The number of nitrogens with zero attached hydrogens (tertiary/aromatic N) is 1. The van der Waals surface area contributed by atoms with Crippen LogP contribution >= 0.6 is 11.3 Å². The van der Waals surface area contributed by atoms with Gasteiger partial charge in [0.05, 0.1) is 18.2 Å². The Bertz CT molecular complexity index is 261. The Hall–Kier alpha value is -0.940. The van der Waals surface area contributed by atoms with Gasteiger partial charge in [-0.15, -0.1) is 11.3 Å². The van der Waals surface area contributed by atoms with Gasteiger partial charge in [-0.1, -0.05) is 0 Å². The summed E-state index contributed by atoms with van der Waals surface area (Å²) in [6, 6.07) is -0.196. The summed E-state index contributed by atoms with van der Waals surface area (Å²) in [5.74, 6) is -0.122. The molecule has 1 rings (SSSR count). The average molecular weight is 200 g/mol. The van der Waals surface area contributed by atoms with E-state index in [2.05, 4.69) is 10.3 Å². The molecule has 1 atom stereocenters. The van der Waals surface area contributed by atoms with Gasteiger partial charge < -0.3 is 10.4 Å². The molecule has 1 heterocycles. The van der Waals surface area contributed by atoms with Crippen molar-refractivity contribution in [3.63, 3.8) is 0 Å². The summed E-state index contributed by atoms with van der Waals surface area (Å²) in [4.78, 5) is 15.7. The SMILES string of the molecule is CC(=O)NC(CO)Cc1cncs1. The van der Waals surface area contributed by atoms with Gasteiger partial charge in [-0.05, 0) is 0 Å². The van der Waals surface area contributed by atoms with Crippen molar-refractivity contribution in [1.82, 2.24) is 10.3 Å². The third-order valence-corrected chi connectivity index (χ3v) is 2.36. The van der Waals surface area contributed by atoms with E-state index in [0.717, 1.165) is 4.88 Å². The van der Waals surface area contributed by atoms with Crippen LogP contribution in [0.25, 0.3) is 0 Å². The van der Waals surface area contributed by atoms with Crippen molar-refractivity contribution in [2.45, 2.75) is 19.4 Å². The van der Waals surface area contributed by atoms with Crippen LogP contribution in [0.1, 0.15) is 11.8 Å². The van der Waals surface area contributed by atoms with Crippen LogP contribution < -0.4 is 5.32 Å². The minimum Gasteiger partial charge on any atom is -0.394 e. The summed E-state index contributed by atoms with van der Waals surface area (Å²) < 4.78 is 0. The highest BCUT2D eigenvalue weighted by molar-refractivity contribution is 7.09. The average Bonchev–Trinajstić information content (AvgIpc) is 2.55. The number of thiazole rings is 1. The third-order valence-electron chi connectivity index (χ3n) is 1.56. The Morgan fingerprint density at radius 1 is 1.85 bits per heavy atom. The van der Waals surface area contributed by atoms with Crippen LogP contribution in [0.3, 0.4) is 0 Å². The van der Waals surface area contributed by atoms with Gasteiger partial charge in [0.2, 0.25) is 5.91 Å². The number of aromatic nitrogens is 1. The fraction of sp³-hybridized carbons (Fsp3) is 0.500.